The first-order chi connectivity index (χ1) is 16.4. The molecule has 0 aromatic heterocycles. The Morgan fingerprint density at radius 1 is 0.647 bits per heavy atom. The van der Waals surface area contributed by atoms with Gasteiger partial charge < -0.3 is 18.9 Å². The van der Waals surface area contributed by atoms with E-state index >= 15 is 0 Å². The molecule has 1 aromatic carbocycles. The summed E-state index contributed by atoms with van der Waals surface area (Å²) in [7, 11) is 0. The third-order valence-electron chi connectivity index (χ3n) is 5.32. The summed E-state index contributed by atoms with van der Waals surface area (Å²) in [5, 5.41) is 1.25. The fourth-order valence-corrected chi connectivity index (χ4v) is 3.85. The van der Waals surface area contributed by atoms with Crippen LogP contribution >= 0.6 is 0 Å². The minimum absolute atomic E-state index is 0.0686. The van der Waals surface area contributed by atoms with Gasteiger partial charge in [-0.15, -0.1) is 0 Å². The number of fused-ring (bicyclic) bond motifs is 2. The predicted molar refractivity (Wildman–Crippen MR) is 122 cm³/mol. The van der Waals surface area contributed by atoms with Crippen molar-refractivity contribution in [2.24, 2.45) is 11.8 Å². The molecule has 0 amide bonds. The number of benzene rings is 1. The van der Waals surface area contributed by atoms with Gasteiger partial charge in [-0.25, -0.2) is 0 Å². The third kappa shape index (κ3) is 6.21. The zero-order valence-corrected chi connectivity index (χ0v) is 19.3. The molecule has 3 rings (SSSR count). The molecule has 0 radical (unpaired) electrons. The van der Waals surface area contributed by atoms with Crippen molar-refractivity contribution in [1.29, 1.82) is 0 Å². The first-order valence-electron chi connectivity index (χ1n) is 11.4. The number of hydrogen-bond acceptors (Lipinski definition) is 8. The molecule has 0 saturated carbocycles. The molecule has 8 nitrogen and oxygen atoms in total. The average Bonchev–Trinajstić information content (AvgIpc) is 2.84. The number of hydrogen-bond donors (Lipinski definition) is 0. The van der Waals surface area contributed by atoms with Crippen LogP contribution in [0.15, 0.2) is 48.6 Å². The molecular formula is C26H28O8. The highest BCUT2D eigenvalue weighted by molar-refractivity contribution is 5.82. The highest BCUT2D eigenvalue weighted by Gasteiger charge is 2.35. The number of esters is 4. The van der Waals surface area contributed by atoms with Crippen molar-refractivity contribution in [3.63, 3.8) is 0 Å². The summed E-state index contributed by atoms with van der Waals surface area (Å²) in [5.41, 5.74) is 0. The van der Waals surface area contributed by atoms with E-state index in [1.54, 1.807) is 38.1 Å². The molecule has 0 spiro atoms. The van der Waals surface area contributed by atoms with E-state index in [1.165, 1.54) is 0 Å². The van der Waals surface area contributed by atoms with Crippen LogP contribution in [0.4, 0.5) is 0 Å². The monoisotopic (exact) mass is 468 g/mol. The lowest BCUT2D eigenvalue weighted by atomic mass is 9.80. The lowest BCUT2D eigenvalue weighted by Crippen LogP contribution is -2.42. The van der Waals surface area contributed by atoms with Gasteiger partial charge in [0.25, 0.3) is 0 Å². The molecule has 0 heterocycles. The van der Waals surface area contributed by atoms with Crippen molar-refractivity contribution in [2.45, 2.75) is 39.5 Å². The van der Waals surface area contributed by atoms with Gasteiger partial charge in [-0.2, -0.15) is 0 Å². The predicted octanol–water partition coefficient (Wildman–Crippen LogP) is 2.05. The molecule has 0 fully saturated rings. The summed E-state index contributed by atoms with van der Waals surface area (Å²) in [6.07, 6.45) is 7.06. The van der Waals surface area contributed by atoms with E-state index in [0.717, 1.165) is 0 Å². The molecule has 0 aliphatic heterocycles. The molecule has 1 aromatic rings. The molecule has 0 bridgehead atoms. The van der Waals surface area contributed by atoms with Crippen molar-refractivity contribution in [3.05, 3.63) is 59.0 Å². The topological polar surface area (TPSA) is 105 Å². The fourth-order valence-electron chi connectivity index (χ4n) is 3.85. The molecule has 2 aliphatic rings. The zero-order chi connectivity index (χ0) is 24.5. The summed E-state index contributed by atoms with van der Waals surface area (Å²) in [5.74, 6) is -1.90. The second-order valence-corrected chi connectivity index (χ2v) is 7.65. The molecule has 180 valence electrons. The van der Waals surface area contributed by atoms with E-state index in [2.05, 4.69) is 0 Å². The van der Waals surface area contributed by atoms with Crippen LogP contribution in [0.1, 0.15) is 39.5 Å². The van der Waals surface area contributed by atoms with Crippen molar-refractivity contribution in [1.82, 2.24) is 0 Å². The summed E-state index contributed by atoms with van der Waals surface area (Å²) in [6.45, 7) is 3.89. The van der Waals surface area contributed by atoms with Crippen LogP contribution in [0, 0.1) is 11.8 Å². The molecule has 34 heavy (non-hydrogen) atoms. The summed E-state index contributed by atoms with van der Waals surface area (Å²) >= 11 is 0. The second kappa shape index (κ2) is 12.0. The quantitative estimate of drug-likeness (QED) is 0.380. The number of allylic oxidation sites excluding steroid dienone is 2. The summed E-state index contributed by atoms with van der Waals surface area (Å²) < 4.78 is 21.2. The Labute approximate surface area is 197 Å². The third-order valence-corrected chi connectivity index (χ3v) is 5.32. The van der Waals surface area contributed by atoms with Gasteiger partial charge in [0.2, 0.25) is 0 Å². The van der Waals surface area contributed by atoms with Crippen LogP contribution in [0.2, 0.25) is 0 Å². The highest BCUT2D eigenvalue weighted by Crippen LogP contribution is 2.36. The van der Waals surface area contributed by atoms with Gasteiger partial charge in [0.1, 0.15) is 11.5 Å². The number of carbonyl (C=O) groups excluding carboxylic acids is 4. The number of rotatable bonds is 10. The lowest BCUT2D eigenvalue weighted by Gasteiger charge is -2.30. The second-order valence-electron chi connectivity index (χ2n) is 7.65. The van der Waals surface area contributed by atoms with Gasteiger partial charge in [-0.1, -0.05) is 48.6 Å². The molecule has 0 saturated heterocycles. The normalized spacial score (nSPS) is 17.9. The van der Waals surface area contributed by atoms with Crippen LogP contribution in [-0.4, -0.2) is 37.1 Å². The standard InChI is InChI=1S/C26H28O8/c1-3-31-21(27)13-15-23(29)33-25-17-9-5-7-11-19(17)26(20-12-8-6-10-18(20)25)34-24(30)16-14-22(28)32-4-2/h5-12,17,19H,3-4,13-16H2,1-2H3. The minimum Gasteiger partial charge on any atom is -0.466 e. The van der Waals surface area contributed by atoms with Gasteiger partial charge in [-0.3, -0.25) is 19.2 Å². The van der Waals surface area contributed by atoms with E-state index in [0.29, 0.717) is 22.0 Å². The molecular weight excluding hydrogens is 440 g/mol. The summed E-state index contributed by atoms with van der Waals surface area (Å²) in [6, 6.07) is 7.18. The van der Waals surface area contributed by atoms with Crippen LogP contribution < -0.4 is 10.4 Å². The van der Waals surface area contributed by atoms with Gasteiger partial charge in [0.15, 0.2) is 0 Å². The fraction of sp³-hybridized carbons (Fsp3) is 0.385. The first-order valence-corrected chi connectivity index (χ1v) is 11.4. The van der Waals surface area contributed by atoms with E-state index in [9.17, 15) is 19.2 Å². The van der Waals surface area contributed by atoms with Crippen molar-refractivity contribution in [2.75, 3.05) is 13.2 Å². The van der Waals surface area contributed by atoms with Gasteiger partial charge >= 0.3 is 23.9 Å². The number of carbonyl (C=O) groups is 4. The lowest BCUT2D eigenvalue weighted by molar-refractivity contribution is -0.147. The Kier molecular flexibility index (Phi) is 8.79. The maximum atomic E-state index is 12.5. The van der Waals surface area contributed by atoms with Gasteiger partial charge in [0.05, 0.1) is 38.9 Å². The zero-order valence-electron chi connectivity index (χ0n) is 19.3. The Hall–Kier alpha value is -3.68. The SMILES string of the molecule is CCOC(=O)CCC(=O)OC1=c2ccccc2=C(OC(=O)CCC(=O)OCC)C2C=CC=CC12. The smallest absolute Gasteiger partial charge is 0.311 e. The van der Waals surface area contributed by atoms with Crippen LogP contribution in [0.5, 0.6) is 0 Å². The van der Waals surface area contributed by atoms with Crippen LogP contribution in [-0.2, 0) is 38.1 Å². The molecule has 2 unspecified atom stereocenters. The Morgan fingerprint density at radius 2 is 1.03 bits per heavy atom. The van der Waals surface area contributed by atoms with E-state index in [1.807, 2.05) is 24.3 Å². The van der Waals surface area contributed by atoms with Crippen LogP contribution in [0.3, 0.4) is 0 Å². The Balaban J connectivity index is 1.89. The van der Waals surface area contributed by atoms with Crippen molar-refractivity contribution < 1.29 is 38.1 Å². The maximum absolute atomic E-state index is 12.5. The molecule has 0 N–H and O–H groups in total. The summed E-state index contributed by atoms with van der Waals surface area (Å²) in [4.78, 5) is 48.3. The Morgan fingerprint density at radius 3 is 1.41 bits per heavy atom. The first kappa shape index (κ1) is 25.0. The largest absolute Gasteiger partial charge is 0.466 e. The van der Waals surface area contributed by atoms with Crippen molar-refractivity contribution >= 4 is 35.4 Å². The van der Waals surface area contributed by atoms with E-state index in [-0.39, 0.29) is 50.7 Å². The molecule has 8 heteroatoms. The van der Waals surface area contributed by atoms with E-state index in [4.69, 9.17) is 18.9 Å². The van der Waals surface area contributed by atoms with Gasteiger partial charge in [-0.05, 0) is 13.8 Å². The Bertz CT molecular complexity index is 1040. The van der Waals surface area contributed by atoms with E-state index < -0.39 is 23.9 Å². The average molecular weight is 469 g/mol. The molecule has 2 aliphatic carbocycles. The number of ether oxygens (including phenoxy) is 4. The van der Waals surface area contributed by atoms with Gasteiger partial charge in [0, 0.05) is 22.3 Å². The van der Waals surface area contributed by atoms with Crippen LogP contribution in [0.25, 0.3) is 11.5 Å². The highest BCUT2D eigenvalue weighted by atomic mass is 16.6. The minimum atomic E-state index is -0.547. The van der Waals surface area contributed by atoms with Crippen molar-refractivity contribution in [3.8, 4) is 0 Å². The maximum Gasteiger partial charge on any atom is 0.311 e. The molecule has 2 atom stereocenters.